The zero-order chi connectivity index (χ0) is 11.4. The van der Waals surface area contributed by atoms with Gasteiger partial charge in [0.05, 0.1) is 0 Å². The predicted molar refractivity (Wildman–Crippen MR) is 75.4 cm³/mol. The summed E-state index contributed by atoms with van der Waals surface area (Å²) in [6, 6.07) is 3.45. The van der Waals surface area contributed by atoms with Gasteiger partial charge in [0, 0.05) is 17.3 Å². The summed E-state index contributed by atoms with van der Waals surface area (Å²) < 4.78 is 0. The first-order valence-corrected chi connectivity index (χ1v) is 8.35. The van der Waals surface area contributed by atoms with Crippen molar-refractivity contribution in [1.82, 2.24) is 5.32 Å². The number of thioether (sulfide) groups is 1. The van der Waals surface area contributed by atoms with Crippen LogP contribution in [0.15, 0.2) is 16.8 Å². The highest BCUT2D eigenvalue weighted by Crippen LogP contribution is 2.29. The van der Waals surface area contributed by atoms with Crippen molar-refractivity contribution in [3.05, 3.63) is 22.4 Å². The van der Waals surface area contributed by atoms with Gasteiger partial charge in [-0.3, -0.25) is 0 Å². The first-order chi connectivity index (χ1) is 7.81. The van der Waals surface area contributed by atoms with Crippen molar-refractivity contribution in [2.75, 3.05) is 6.26 Å². The van der Waals surface area contributed by atoms with Crippen LogP contribution in [0.4, 0.5) is 0 Å². The Morgan fingerprint density at radius 3 is 2.94 bits per heavy atom. The standard InChI is InChI=1S/C13H21NS2/c1-10(11-7-8-16-9-11)14-12-5-3-4-6-13(12)15-2/h7-10,12-14H,3-6H2,1-2H3. The van der Waals surface area contributed by atoms with Gasteiger partial charge in [-0.1, -0.05) is 12.8 Å². The summed E-state index contributed by atoms with van der Waals surface area (Å²) >= 11 is 3.82. The van der Waals surface area contributed by atoms with Crippen LogP contribution in [0.2, 0.25) is 0 Å². The summed E-state index contributed by atoms with van der Waals surface area (Å²) in [6.45, 7) is 2.29. The Bertz CT molecular complexity index is 297. The molecule has 1 aromatic heterocycles. The van der Waals surface area contributed by atoms with Crippen LogP contribution in [0.3, 0.4) is 0 Å². The smallest absolute Gasteiger partial charge is 0.0303 e. The van der Waals surface area contributed by atoms with Gasteiger partial charge in [0.1, 0.15) is 0 Å². The first kappa shape index (κ1) is 12.5. The van der Waals surface area contributed by atoms with E-state index < -0.39 is 0 Å². The van der Waals surface area contributed by atoms with Crippen LogP contribution in [0.1, 0.15) is 44.2 Å². The number of nitrogens with one attached hydrogen (secondary N) is 1. The van der Waals surface area contributed by atoms with Gasteiger partial charge in [-0.15, -0.1) is 0 Å². The zero-order valence-electron chi connectivity index (χ0n) is 10.1. The average Bonchev–Trinajstić information content (AvgIpc) is 2.83. The Morgan fingerprint density at radius 1 is 1.44 bits per heavy atom. The van der Waals surface area contributed by atoms with Crippen LogP contribution in [-0.2, 0) is 0 Å². The molecule has 1 fully saturated rings. The third-order valence-corrected chi connectivity index (χ3v) is 5.38. The molecule has 2 rings (SSSR count). The molecule has 90 valence electrons. The fourth-order valence-electron chi connectivity index (χ4n) is 2.51. The van der Waals surface area contributed by atoms with Crippen LogP contribution in [-0.4, -0.2) is 17.5 Å². The summed E-state index contributed by atoms with van der Waals surface area (Å²) in [6.07, 6.45) is 7.79. The Kier molecular flexibility index (Phi) is 4.74. The molecule has 3 atom stereocenters. The lowest BCUT2D eigenvalue weighted by atomic mass is 9.94. The Balaban J connectivity index is 1.92. The van der Waals surface area contributed by atoms with Crippen molar-refractivity contribution in [1.29, 1.82) is 0 Å². The van der Waals surface area contributed by atoms with E-state index in [0.29, 0.717) is 12.1 Å². The van der Waals surface area contributed by atoms with Gasteiger partial charge < -0.3 is 5.32 Å². The van der Waals surface area contributed by atoms with Crippen molar-refractivity contribution < 1.29 is 0 Å². The maximum atomic E-state index is 3.81. The summed E-state index contributed by atoms with van der Waals surface area (Å²) in [5, 5.41) is 9.05. The number of hydrogen-bond acceptors (Lipinski definition) is 3. The van der Waals surface area contributed by atoms with E-state index in [1.54, 1.807) is 11.3 Å². The first-order valence-electron chi connectivity index (χ1n) is 6.12. The molecule has 3 heteroatoms. The minimum Gasteiger partial charge on any atom is -0.306 e. The van der Waals surface area contributed by atoms with E-state index in [1.807, 2.05) is 11.8 Å². The normalized spacial score (nSPS) is 27.9. The van der Waals surface area contributed by atoms with Crippen molar-refractivity contribution in [2.24, 2.45) is 0 Å². The lowest BCUT2D eigenvalue weighted by Crippen LogP contribution is -2.41. The molecule has 16 heavy (non-hydrogen) atoms. The van der Waals surface area contributed by atoms with Crippen LogP contribution in [0, 0.1) is 0 Å². The maximum absolute atomic E-state index is 3.81. The third kappa shape index (κ3) is 3.02. The highest BCUT2D eigenvalue weighted by molar-refractivity contribution is 7.99. The van der Waals surface area contributed by atoms with E-state index in [0.717, 1.165) is 5.25 Å². The van der Waals surface area contributed by atoms with Gasteiger partial charge >= 0.3 is 0 Å². The van der Waals surface area contributed by atoms with Crippen LogP contribution < -0.4 is 5.32 Å². The van der Waals surface area contributed by atoms with Gasteiger partial charge in [-0.25, -0.2) is 0 Å². The van der Waals surface area contributed by atoms with Crippen molar-refractivity contribution in [3.8, 4) is 0 Å². The molecule has 0 saturated heterocycles. The van der Waals surface area contributed by atoms with Gasteiger partial charge in [-0.2, -0.15) is 23.1 Å². The summed E-state index contributed by atoms with van der Waals surface area (Å²) in [7, 11) is 0. The van der Waals surface area contributed by atoms with Crippen LogP contribution >= 0.6 is 23.1 Å². The van der Waals surface area contributed by atoms with E-state index in [1.165, 1.54) is 31.2 Å². The fraction of sp³-hybridized carbons (Fsp3) is 0.692. The number of thiophene rings is 1. The van der Waals surface area contributed by atoms with Gasteiger partial charge in [-0.05, 0) is 48.4 Å². The molecule has 0 radical (unpaired) electrons. The van der Waals surface area contributed by atoms with Crippen LogP contribution in [0.25, 0.3) is 0 Å². The lowest BCUT2D eigenvalue weighted by Gasteiger charge is -2.33. The Labute approximate surface area is 107 Å². The zero-order valence-corrected chi connectivity index (χ0v) is 11.7. The molecule has 0 aliphatic heterocycles. The Hall–Kier alpha value is 0.01000. The number of rotatable bonds is 4. The van der Waals surface area contributed by atoms with E-state index in [-0.39, 0.29) is 0 Å². The summed E-state index contributed by atoms with van der Waals surface area (Å²) in [5.74, 6) is 0. The summed E-state index contributed by atoms with van der Waals surface area (Å²) in [5.41, 5.74) is 1.44. The SMILES string of the molecule is CSC1CCCCC1NC(C)c1ccsc1. The van der Waals surface area contributed by atoms with Gasteiger partial charge in [0.15, 0.2) is 0 Å². The van der Waals surface area contributed by atoms with Crippen molar-refractivity contribution >= 4 is 23.1 Å². The molecular weight excluding hydrogens is 234 g/mol. The Morgan fingerprint density at radius 2 is 2.25 bits per heavy atom. The quantitative estimate of drug-likeness (QED) is 0.870. The second-order valence-corrected chi connectivity index (χ2v) is 6.47. The molecule has 1 aromatic rings. The minimum absolute atomic E-state index is 0.504. The average molecular weight is 255 g/mol. The molecule has 1 nitrogen and oxygen atoms in total. The predicted octanol–water partition coefficient (Wildman–Crippen LogP) is 4.07. The van der Waals surface area contributed by atoms with E-state index in [2.05, 4.69) is 35.3 Å². The molecule has 1 N–H and O–H groups in total. The van der Waals surface area contributed by atoms with Crippen LogP contribution in [0.5, 0.6) is 0 Å². The molecule has 1 aliphatic rings. The molecule has 0 spiro atoms. The summed E-state index contributed by atoms with van der Waals surface area (Å²) in [4.78, 5) is 0. The molecule has 0 bridgehead atoms. The van der Waals surface area contributed by atoms with Gasteiger partial charge in [0.25, 0.3) is 0 Å². The molecule has 1 saturated carbocycles. The van der Waals surface area contributed by atoms with E-state index >= 15 is 0 Å². The molecule has 1 heterocycles. The topological polar surface area (TPSA) is 12.0 Å². The minimum atomic E-state index is 0.504. The molecule has 0 amide bonds. The third-order valence-electron chi connectivity index (χ3n) is 3.51. The van der Waals surface area contributed by atoms with Crippen molar-refractivity contribution in [2.45, 2.75) is 49.9 Å². The fourth-order valence-corrected chi connectivity index (χ4v) is 4.21. The lowest BCUT2D eigenvalue weighted by molar-refractivity contribution is 0.357. The monoisotopic (exact) mass is 255 g/mol. The second kappa shape index (κ2) is 6.08. The molecular formula is C13H21NS2. The van der Waals surface area contributed by atoms with Crippen molar-refractivity contribution in [3.63, 3.8) is 0 Å². The molecule has 1 aliphatic carbocycles. The number of hydrogen-bond donors (Lipinski definition) is 1. The highest BCUT2D eigenvalue weighted by atomic mass is 32.2. The molecule has 0 aromatic carbocycles. The van der Waals surface area contributed by atoms with E-state index in [4.69, 9.17) is 0 Å². The maximum Gasteiger partial charge on any atom is 0.0303 e. The highest BCUT2D eigenvalue weighted by Gasteiger charge is 2.25. The van der Waals surface area contributed by atoms with Gasteiger partial charge in [0.2, 0.25) is 0 Å². The van der Waals surface area contributed by atoms with E-state index in [9.17, 15) is 0 Å². The largest absolute Gasteiger partial charge is 0.306 e. The molecule has 3 unspecified atom stereocenters. The second-order valence-electron chi connectivity index (χ2n) is 4.61.